The first-order valence-corrected chi connectivity index (χ1v) is 10.8. The van der Waals surface area contributed by atoms with Gasteiger partial charge in [0.15, 0.2) is 0 Å². The van der Waals surface area contributed by atoms with Crippen molar-refractivity contribution in [1.29, 1.82) is 0 Å². The second-order valence-electron chi connectivity index (χ2n) is 7.02. The molecule has 2 aromatic carbocycles. The van der Waals surface area contributed by atoms with Gasteiger partial charge in [0.1, 0.15) is 27.8 Å². The highest BCUT2D eigenvalue weighted by atomic mass is 32.1. The van der Waals surface area contributed by atoms with E-state index in [1.54, 1.807) is 13.4 Å². The van der Waals surface area contributed by atoms with Crippen molar-refractivity contribution >= 4 is 23.6 Å². The highest BCUT2D eigenvalue weighted by molar-refractivity contribution is 7.10. The summed E-state index contributed by atoms with van der Waals surface area (Å²) in [4.78, 5) is 7.21. The van der Waals surface area contributed by atoms with E-state index in [9.17, 15) is 0 Å². The molecular formula is C23H23N5O3S. The molecule has 0 bridgehead atoms. The molecule has 0 aliphatic heterocycles. The van der Waals surface area contributed by atoms with Crippen LogP contribution in [0.5, 0.6) is 11.5 Å². The summed E-state index contributed by atoms with van der Waals surface area (Å²) >= 11 is 1.27. The van der Waals surface area contributed by atoms with Gasteiger partial charge in [0.2, 0.25) is 5.89 Å². The van der Waals surface area contributed by atoms with Gasteiger partial charge >= 0.3 is 0 Å². The molecule has 2 heterocycles. The average molecular weight is 450 g/mol. The predicted molar refractivity (Wildman–Crippen MR) is 126 cm³/mol. The topological polar surface area (TPSA) is 85.9 Å². The number of aliphatic imine (C=N–C) groups is 1. The maximum absolute atomic E-state index is 5.99. The molecule has 0 unspecified atom stereocenters. The van der Waals surface area contributed by atoms with Gasteiger partial charge in [-0.2, -0.15) is 4.37 Å². The van der Waals surface area contributed by atoms with Gasteiger partial charge in [0, 0.05) is 25.2 Å². The minimum atomic E-state index is 0.372. The predicted octanol–water partition coefficient (Wildman–Crippen LogP) is 5.16. The Labute approximate surface area is 190 Å². The van der Waals surface area contributed by atoms with Crippen molar-refractivity contribution in [1.82, 2.24) is 19.5 Å². The van der Waals surface area contributed by atoms with Gasteiger partial charge in [-0.15, -0.1) is 10.2 Å². The fourth-order valence-electron chi connectivity index (χ4n) is 2.95. The van der Waals surface area contributed by atoms with Crippen molar-refractivity contribution in [2.75, 3.05) is 27.8 Å². The van der Waals surface area contributed by atoms with Gasteiger partial charge in [-0.1, -0.05) is 0 Å². The van der Waals surface area contributed by atoms with Gasteiger partial charge in [-0.05, 0) is 67.0 Å². The van der Waals surface area contributed by atoms with Crippen LogP contribution in [0.15, 0.2) is 57.9 Å². The zero-order valence-corrected chi connectivity index (χ0v) is 19.1. The SMILES string of the molecule is CCOc1ccc(-c2nnc(-c3snc(-c4ccc(OC)cc4)c3N=CN(C)C)o2)cc1. The van der Waals surface area contributed by atoms with Gasteiger partial charge < -0.3 is 18.8 Å². The molecule has 164 valence electrons. The highest BCUT2D eigenvalue weighted by Gasteiger charge is 2.21. The highest BCUT2D eigenvalue weighted by Crippen LogP contribution is 2.42. The maximum atomic E-state index is 5.99. The minimum Gasteiger partial charge on any atom is -0.497 e. The summed E-state index contributed by atoms with van der Waals surface area (Å²) in [6.07, 6.45) is 1.73. The first kappa shape index (κ1) is 21.5. The summed E-state index contributed by atoms with van der Waals surface area (Å²) in [5.74, 6) is 2.37. The number of methoxy groups -OCH3 is 1. The molecule has 32 heavy (non-hydrogen) atoms. The van der Waals surface area contributed by atoms with Crippen LogP contribution in [0.3, 0.4) is 0 Å². The average Bonchev–Trinajstić information content (AvgIpc) is 3.46. The summed E-state index contributed by atoms with van der Waals surface area (Å²) < 4.78 is 21.4. The lowest BCUT2D eigenvalue weighted by molar-refractivity contribution is 0.340. The van der Waals surface area contributed by atoms with Crippen molar-refractivity contribution in [3.05, 3.63) is 48.5 Å². The third-order valence-corrected chi connectivity index (χ3v) is 5.30. The minimum absolute atomic E-state index is 0.372. The molecule has 0 radical (unpaired) electrons. The van der Waals surface area contributed by atoms with Crippen molar-refractivity contribution in [3.8, 4) is 45.0 Å². The fraction of sp³-hybridized carbons (Fsp3) is 0.217. The van der Waals surface area contributed by atoms with Crippen molar-refractivity contribution in [2.24, 2.45) is 4.99 Å². The smallest absolute Gasteiger partial charge is 0.261 e. The lowest BCUT2D eigenvalue weighted by atomic mass is 10.1. The van der Waals surface area contributed by atoms with Crippen LogP contribution < -0.4 is 9.47 Å². The third kappa shape index (κ3) is 4.62. The number of hydrogen-bond acceptors (Lipinski definition) is 8. The zero-order chi connectivity index (χ0) is 22.5. The van der Waals surface area contributed by atoms with Crippen LogP contribution in [0.2, 0.25) is 0 Å². The van der Waals surface area contributed by atoms with Crippen molar-refractivity contribution < 1.29 is 13.9 Å². The Balaban J connectivity index is 1.71. The van der Waals surface area contributed by atoms with E-state index in [2.05, 4.69) is 19.6 Å². The summed E-state index contributed by atoms with van der Waals surface area (Å²) in [5.41, 5.74) is 3.15. The second kappa shape index (κ2) is 9.61. The quantitative estimate of drug-likeness (QED) is 0.271. The summed E-state index contributed by atoms with van der Waals surface area (Å²) in [6, 6.07) is 15.2. The van der Waals surface area contributed by atoms with E-state index in [-0.39, 0.29) is 0 Å². The third-order valence-electron chi connectivity index (χ3n) is 4.48. The number of aromatic nitrogens is 3. The van der Waals surface area contributed by atoms with Crippen molar-refractivity contribution in [2.45, 2.75) is 6.92 Å². The van der Waals surface area contributed by atoms with Crippen LogP contribution in [-0.4, -0.2) is 53.6 Å². The molecule has 4 rings (SSSR count). The fourth-order valence-corrected chi connectivity index (χ4v) is 3.72. The number of rotatable bonds is 8. The lowest BCUT2D eigenvalue weighted by Crippen LogP contribution is -2.07. The normalized spacial score (nSPS) is 11.1. The van der Waals surface area contributed by atoms with Gasteiger partial charge in [0.25, 0.3) is 5.89 Å². The van der Waals surface area contributed by atoms with Crippen LogP contribution in [0.4, 0.5) is 5.69 Å². The van der Waals surface area contributed by atoms with Crippen molar-refractivity contribution in [3.63, 3.8) is 0 Å². The maximum Gasteiger partial charge on any atom is 0.261 e. The monoisotopic (exact) mass is 449 g/mol. The molecule has 0 fully saturated rings. The standard InChI is InChI=1S/C23H23N5O3S/c1-5-30-18-12-8-16(9-13-18)22-25-26-23(31-22)21-20(24-14-28(2)3)19(27-32-21)15-6-10-17(29-4)11-7-15/h6-14H,5H2,1-4H3. The molecule has 0 aliphatic rings. The van der Waals surface area contributed by atoms with E-state index in [1.807, 2.05) is 74.4 Å². The summed E-state index contributed by atoms with van der Waals surface area (Å²) in [6.45, 7) is 2.56. The zero-order valence-electron chi connectivity index (χ0n) is 18.3. The van der Waals surface area contributed by atoms with Gasteiger partial charge in [-0.25, -0.2) is 4.99 Å². The lowest BCUT2D eigenvalue weighted by Gasteiger charge is -2.05. The molecule has 4 aromatic rings. The van der Waals surface area contributed by atoms with E-state index < -0.39 is 0 Å². The Hall–Kier alpha value is -3.72. The van der Waals surface area contributed by atoms with Crippen LogP contribution >= 0.6 is 11.5 Å². The van der Waals surface area contributed by atoms with Crippen LogP contribution in [0.25, 0.3) is 33.5 Å². The Morgan fingerprint density at radius 3 is 2.28 bits per heavy atom. The Bertz CT molecular complexity index is 1200. The Kier molecular flexibility index (Phi) is 6.46. The number of nitrogens with zero attached hydrogens (tertiary/aromatic N) is 5. The van der Waals surface area contributed by atoms with Gasteiger partial charge in [-0.3, -0.25) is 0 Å². The molecule has 0 amide bonds. The van der Waals surface area contributed by atoms with E-state index in [0.29, 0.717) is 29.0 Å². The largest absolute Gasteiger partial charge is 0.497 e. The molecule has 9 heteroatoms. The van der Waals surface area contributed by atoms with Crippen LogP contribution in [-0.2, 0) is 0 Å². The van der Waals surface area contributed by atoms with E-state index >= 15 is 0 Å². The van der Waals surface area contributed by atoms with E-state index in [1.165, 1.54) is 11.5 Å². The first-order valence-electron chi connectivity index (χ1n) is 10.0. The second-order valence-corrected chi connectivity index (χ2v) is 7.79. The molecule has 0 spiro atoms. The number of benzene rings is 2. The van der Waals surface area contributed by atoms with Crippen LogP contribution in [0.1, 0.15) is 6.92 Å². The molecule has 0 saturated heterocycles. The summed E-state index contributed by atoms with van der Waals surface area (Å²) in [7, 11) is 5.46. The first-order chi connectivity index (χ1) is 15.6. The number of hydrogen-bond donors (Lipinski definition) is 0. The van der Waals surface area contributed by atoms with Gasteiger partial charge in [0.05, 0.1) is 20.1 Å². The molecular weight excluding hydrogens is 426 g/mol. The van der Waals surface area contributed by atoms with Crippen LogP contribution in [0, 0.1) is 0 Å². The molecule has 2 aromatic heterocycles. The van der Waals surface area contributed by atoms with E-state index in [0.717, 1.165) is 28.3 Å². The molecule has 8 nitrogen and oxygen atoms in total. The Morgan fingerprint density at radius 1 is 0.969 bits per heavy atom. The molecule has 0 N–H and O–H groups in total. The number of ether oxygens (including phenoxy) is 2. The molecule has 0 aliphatic carbocycles. The molecule has 0 saturated carbocycles. The van der Waals surface area contributed by atoms with E-state index in [4.69, 9.17) is 13.9 Å². The summed E-state index contributed by atoms with van der Waals surface area (Å²) in [5, 5.41) is 8.48. The molecule has 0 atom stereocenters. The Morgan fingerprint density at radius 2 is 1.62 bits per heavy atom.